The van der Waals surface area contributed by atoms with Crippen LogP contribution in [-0.2, 0) is 0 Å². The van der Waals surface area contributed by atoms with Gasteiger partial charge in [0.15, 0.2) is 0 Å². The van der Waals surface area contributed by atoms with E-state index in [1.165, 1.54) is 18.5 Å². The minimum absolute atomic E-state index is 0.662. The van der Waals surface area contributed by atoms with Crippen LogP contribution in [-0.4, -0.2) is 48.4 Å². The maximum absolute atomic E-state index is 4.67. The predicted octanol–water partition coefficient (Wildman–Crippen LogP) is 6.56. The molecule has 1 aromatic rings. The molecule has 0 radical (unpaired) electrons. The van der Waals surface area contributed by atoms with E-state index >= 15 is 0 Å². The van der Waals surface area contributed by atoms with Gasteiger partial charge in [-0.05, 0) is 80.5 Å². The van der Waals surface area contributed by atoms with Crippen molar-refractivity contribution in [3.63, 3.8) is 0 Å². The number of aliphatic imine (C=N–C) groups is 1. The van der Waals surface area contributed by atoms with Crippen LogP contribution in [0.1, 0.15) is 33.1 Å². The van der Waals surface area contributed by atoms with E-state index in [-0.39, 0.29) is 0 Å². The van der Waals surface area contributed by atoms with Gasteiger partial charge in [-0.1, -0.05) is 33.2 Å². The van der Waals surface area contributed by atoms with Crippen molar-refractivity contribution in [2.75, 3.05) is 42.9 Å². The van der Waals surface area contributed by atoms with E-state index in [1.54, 1.807) is 0 Å². The van der Waals surface area contributed by atoms with Crippen LogP contribution in [0.2, 0.25) is 0 Å². The topological polar surface area (TPSA) is 34.1 Å². The molecule has 3 aliphatic rings. The molecule has 0 bridgehead atoms. The number of benzene rings is 1. The van der Waals surface area contributed by atoms with Crippen molar-refractivity contribution in [3.05, 3.63) is 97.7 Å². The third-order valence-electron chi connectivity index (χ3n) is 7.56. The molecule has 36 heavy (non-hydrogen) atoms. The fourth-order valence-corrected chi connectivity index (χ4v) is 4.96. The van der Waals surface area contributed by atoms with Crippen molar-refractivity contribution in [1.29, 1.82) is 0 Å². The van der Waals surface area contributed by atoms with Crippen molar-refractivity contribution in [1.82, 2.24) is 9.80 Å². The van der Waals surface area contributed by atoms with E-state index in [9.17, 15) is 0 Å². The van der Waals surface area contributed by atoms with Crippen LogP contribution in [0, 0.1) is 11.8 Å². The Balaban J connectivity index is 1.30. The second kappa shape index (κ2) is 11.5. The highest BCUT2D eigenvalue weighted by atomic mass is 15.2. The standard InChI is InChI=1S/C31H41N5/c1-7-24(3)35-21-28(22-35)16-19-36-25(4)8-9-29(26(36)5)20-32-27(6)33-30-10-12-31(13-11-30)34-17-14-23(2)15-18-34/h7-13,20,23,28H,1,3-5,14-19,21-22H2,2,6H3,(H,32,33)/b29-20-. The summed E-state index contributed by atoms with van der Waals surface area (Å²) in [6.07, 6.45) is 11.5. The largest absolute Gasteiger partial charge is 0.372 e. The lowest BCUT2D eigenvalue weighted by molar-refractivity contribution is 0.134. The van der Waals surface area contributed by atoms with E-state index in [0.29, 0.717) is 5.92 Å². The van der Waals surface area contributed by atoms with Gasteiger partial charge in [0.25, 0.3) is 0 Å². The maximum atomic E-state index is 4.67. The Hall–Kier alpha value is -3.47. The smallest absolute Gasteiger partial charge is 0.103 e. The summed E-state index contributed by atoms with van der Waals surface area (Å²) in [5, 5.41) is 3.41. The van der Waals surface area contributed by atoms with Crippen molar-refractivity contribution in [3.8, 4) is 0 Å². The SMILES string of the molecule is C=CC(=C)N1CC(CCN2C(=C)C=C/C(=C/N=C(C)Nc3ccc(N4CCC(C)CC4)cc3)C2=C)C1. The van der Waals surface area contributed by atoms with Gasteiger partial charge >= 0.3 is 0 Å². The highest BCUT2D eigenvalue weighted by Crippen LogP contribution is 2.29. The summed E-state index contributed by atoms with van der Waals surface area (Å²) in [6.45, 7) is 26.0. The van der Waals surface area contributed by atoms with Crippen molar-refractivity contribution >= 4 is 17.2 Å². The van der Waals surface area contributed by atoms with Gasteiger partial charge in [-0.3, -0.25) is 0 Å². The first-order chi connectivity index (χ1) is 17.3. The van der Waals surface area contributed by atoms with Crippen LogP contribution < -0.4 is 10.2 Å². The number of anilines is 2. The van der Waals surface area contributed by atoms with Crippen molar-refractivity contribution in [2.45, 2.75) is 33.1 Å². The molecular weight excluding hydrogens is 442 g/mol. The zero-order valence-electron chi connectivity index (χ0n) is 22.0. The number of hydrogen-bond acceptors (Lipinski definition) is 4. The Morgan fingerprint density at radius 2 is 1.81 bits per heavy atom. The highest BCUT2D eigenvalue weighted by molar-refractivity contribution is 5.94. The number of allylic oxidation sites excluding steroid dienone is 3. The molecule has 0 spiro atoms. The fourth-order valence-electron chi connectivity index (χ4n) is 4.96. The highest BCUT2D eigenvalue weighted by Gasteiger charge is 2.28. The molecule has 2 fully saturated rings. The molecule has 0 atom stereocenters. The number of nitrogens with one attached hydrogen (secondary N) is 1. The number of hydrogen-bond donors (Lipinski definition) is 1. The second-order valence-electron chi connectivity index (χ2n) is 10.3. The normalized spacial score (nSPS) is 20.7. The number of piperidine rings is 1. The van der Waals surface area contributed by atoms with Crippen LogP contribution in [0.25, 0.3) is 0 Å². The second-order valence-corrected chi connectivity index (χ2v) is 10.3. The Labute approximate surface area is 217 Å². The number of rotatable bonds is 8. The molecule has 5 heteroatoms. The fraction of sp³-hybridized carbons (Fsp3) is 0.387. The van der Waals surface area contributed by atoms with Gasteiger partial charge < -0.3 is 20.0 Å². The molecule has 4 rings (SSSR count). The minimum Gasteiger partial charge on any atom is -0.372 e. The zero-order valence-corrected chi connectivity index (χ0v) is 22.0. The lowest BCUT2D eigenvalue weighted by atomic mass is 9.94. The van der Waals surface area contributed by atoms with Gasteiger partial charge in [-0.25, -0.2) is 4.99 Å². The summed E-state index contributed by atoms with van der Waals surface area (Å²) >= 11 is 0. The average molecular weight is 484 g/mol. The Morgan fingerprint density at radius 3 is 2.47 bits per heavy atom. The Morgan fingerprint density at radius 1 is 1.11 bits per heavy atom. The first-order valence-corrected chi connectivity index (χ1v) is 13.1. The third-order valence-corrected chi connectivity index (χ3v) is 7.56. The molecule has 0 aromatic heterocycles. The molecule has 2 saturated heterocycles. The summed E-state index contributed by atoms with van der Waals surface area (Å²) < 4.78 is 0. The quantitative estimate of drug-likeness (QED) is 0.258. The minimum atomic E-state index is 0.662. The summed E-state index contributed by atoms with van der Waals surface area (Å²) in [5.74, 6) is 2.35. The first kappa shape index (κ1) is 25.6. The predicted molar refractivity (Wildman–Crippen MR) is 155 cm³/mol. The van der Waals surface area contributed by atoms with Gasteiger partial charge in [0.2, 0.25) is 0 Å². The number of likely N-dealkylation sites (tertiary alicyclic amines) is 1. The lowest BCUT2D eigenvalue weighted by Gasteiger charge is -2.42. The first-order valence-electron chi connectivity index (χ1n) is 13.1. The van der Waals surface area contributed by atoms with E-state index in [2.05, 4.69) is 82.5 Å². The lowest BCUT2D eigenvalue weighted by Crippen LogP contribution is -2.46. The molecule has 190 valence electrons. The molecule has 0 saturated carbocycles. The van der Waals surface area contributed by atoms with Crippen LogP contribution in [0.3, 0.4) is 0 Å². The molecule has 1 aromatic carbocycles. The number of amidine groups is 1. The molecular formula is C31H41N5. The monoisotopic (exact) mass is 483 g/mol. The van der Waals surface area contributed by atoms with E-state index in [0.717, 1.165) is 79.2 Å². The van der Waals surface area contributed by atoms with Crippen LogP contribution >= 0.6 is 0 Å². The summed E-state index contributed by atoms with van der Waals surface area (Å²) in [5.41, 5.74) is 6.30. The Kier molecular flexibility index (Phi) is 8.19. The van der Waals surface area contributed by atoms with Crippen molar-refractivity contribution in [2.24, 2.45) is 16.8 Å². The van der Waals surface area contributed by atoms with Crippen LogP contribution in [0.5, 0.6) is 0 Å². The number of nitrogens with zero attached hydrogens (tertiary/aromatic N) is 4. The van der Waals surface area contributed by atoms with Crippen LogP contribution in [0.15, 0.2) is 103 Å². The molecule has 3 heterocycles. The van der Waals surface area contributed by atoms with Gasteiger partial charge in [0, 0.05) is 73.0 Å². The maximum Gasteiger partial charge on any atom is 0.103 e. The van der Waals surface area contributed by atoms with Gasteiger partial charge in [-0.2, -0.15) is 0 Å². The van der Waals surface area contributed by atoms with Crippen molar-refractivity contribution < 1.29 is 0 Å². The molecule has 5 nitrogen and oxygen atoms in total. The van der Waals surface area contributed by atoms with E-state index in [4.69, 9.17) is 0 Å². The third kappa shape index (κ3) is 6.20. The molecule has 0 aliphatic carbocycles. The summed E-state index contributed by atoms with van der Waals surface area (Å²) in [4.78, 5) is 11.6. The average Bonchev–Trinajstić information content (AvgIpc) is 2.85. The van der Waals surface area contributed by atoms with Crippen LogP contribution in [0.4, 0.5) is 11.4 Å². The molecule has 3 aliphatic heterocycles. The van der Waals surface area contributed by atoms with Gasteiger partial charge in [0.1, 0.15) is 5.84 Å². The molecule has 0 unspecified atom stereocenters. The Bertz CT molecular complexity index is 1080. The van der Waals surface area contributed by atoms with Gasteiger partial charge in [0.05, 0.1) is 0 Å². The summed E-state index contributed by atoms with van der Waals surface area (Å²) in [6, 6.07) is 8.68. The summed E-state index contributed by atoms with van der Waals surface area (Å²) in [7, 11) is 0. The van der Waals surface area contributed by atoms with E-state index in [1.807, 2.05) is 31.4 Å². The zero-order chi connectivity index (χ0) is 25.7. The molecule has 1 N–H and O–H groups in total. The molecule has 0 amide bonds. The van der Waals surface area contributed by atoms with Gasteiger partial charge in [-0.15, -0.1) is 0 Å². The van der Waals surface area contributed by atoms with E-state index < -0.39 is 0 Å².